The van der Waals surface area contributed by atoms with Crippen LogP contribution in [0.15, 0.2) is 45.6 Å². The summed E-state index contributed by atoms with van der Waals surface area (Å²) in [6, 6.07) is 7.35. The lowest BCUT2D eigenvalue weighted by Crippen LogP contribution is -2.65. The van der Waals surface area contributed by atoms with Gasteiger partial charge in [-0.3, -0.25) is 4.79 Å². The third-order valence-electron chi connectivity index (χ3n) is 7.27. The quantitative estimate of drug-likeness (QED) is 0.133. The number of fused-ring (bicyclic) bond motifs is 1. The van der Waals surface area contributed by atoms with E-state index in [0.29, 0.717) is 5.56 Å². The van der Waals surface area contributed by atoms with Crippen LogP contribution >= 0.6 is 0 Å². The molecular formula is C27H30O16. The molecule has 0 unspecified atom stereocenters. The summed E-state index contributed by atoms with van der Waals surface area (Å²) in [5.74, 6) is -2.17. The molecule has 3 aromatic rings. The Bertz CT molecular complexity index is 1490. The van der Waals surface area contributed by atoms with Crippen molar-refractivity contribution in [3.05, 3.63) is 46.6 Å². The number of phenolic OH excluding ortho intramolecular Hbond substituents is 3. The highest BCUT2D eigenvalue weighted by atomic mass is 16.8. The van der Waals surface area contributed by atoms with Crippen LogP contribution in [-0.2, 0) is 14.2 Å². The zero-order valence-corrected chi connectivity index (χ0v) is 22.1. The van der Waals surface area contributed by atoms with E-state index in [1.807, 2.05) is 0 Å². The molecular weight excluding hydrogens is 580 g/mol. The first-order valence-corrected chi connectivity index (χ1v) is 13.0. The molecule has 2 aliphatic rings. The maximum Gasteiger partial charge on any atom is 0.230 e. The Morgan fingerprint density at radius 3 is 1.95 bits per heavy atom. The second-order valence-corrected chi connectivity index (χ2v) is 10.1. The van der Waals surface area contributed by atoms with Crippen molar-refractivity contribution in [3.63, 3.8) is 0 Å². The highest BCUT2D eigenvalue weighted by Crippen LogP contribution is 2.42. The minimum Gasteiger partial charge on any atom is -0.508 e. The maximum atomic E-state index is 13.0. The van der Waals surface area contributed by atoms with Crippen LogP contribution < -0.4 is 10.2 Å². The Balaban J connectivity index is 1.56. The van der Waals surface area contributed by atoms with Gasteiger partial charge >= 0.3 is 0 Å². The molecule has 3 heterocycles. The summed E-state index contributed by atoms with van der Waals surface area (Å²) in [7, 11) is 0. The summed E-state index contributed by atoms with van der Waals surface area (Å²) in [6.07, 6.45) is -17.6. The van der Waals surface area contributed by atoms with E-state index >= 15 is 0 Å². The molecule has 234 valence electrons. The smallest absolute Gasteiger partial charge is 0.230 e. The van der Waals surface area contributed by atoms with Crippen molar-refractivity contribution in [1.29, 1.82) is 0 Å². The van der Waals surface area contributed by atoms with Crippen LogP contribution in [0, 0.1) is 0 Å². The van der Waals surface area contributed by atoms with Gasteiger partial charge in [0, 0.05) is 17.7 Å². The van der Waals surface area contributed by atoms with E-state index in [-0.39, 0.29) is 11.5 Å². The largest absolute Gasteiger partial charge is 0.508 e. The second kappa shape index (κ2) is 12.2. The molecule has 0 spiro atoms. The first-order valence-electron chi connectivity index (χ1n) is 13.0. The van der Waals surface area contributed by atoms with Gasteiger partial charge in [-0.15, -0.1) is 0 Å². The fourth-order valence-corrected chi connectivity index (χ4v) is 4.91. The number of rotatable bonds is 7. The number of aromatic hydroxyl groups is 3. The summed E-state index contributed by atoms with van der Waals surface area (Å²) in [5, 5.41) is 102. The van der Waals surface area contributed by atoms with Crippen LogP contribution in [0.25, 0.3) is 22.3 Å². The monoisotopic (exact) mass is 610 g/mol. The highest BCUT2D eigenvalue weighted by molar-refractivity contribution is 5.91. The predicted molar refractivity (Wildman–Crippen MR) is 140 cm³/mol. The highest BCUT2D eigenvalue weighted by Gasteiger charge is 2.51. The summed E-state index contributed by atoms with van der Waals surface area (Å²) in [6.45, 7) is -1.62. The molecule has 16 nitrogen and oxygen atoms in total. The van der Waals surface area contributed by atoms with Crippen molar-refractivity contribution in [2.24, 2.45) is 0 Å². The number of hydrogen-bond acceptors (Lipinski definition) is 16. The molecule has 2 saturated heterocycles. The molecule has 0 bridgehead atoms. The number of ether oxygens (including phenoxy) is 4. The van der Waals surface area contributed by atoms with E-state index < -0.39 is 108 Å². The standard InChI is InChI=1S/C27H30O16/c28-7-15-18(34)20(36)22(38)26(40-15)43-25-21(37)19(35)16(8-29)41-27(25)42-23-13(33)5-11(31)17-12(32)6-14(39-24(17)23)9-1-3-10(30)4-2-9/h1-6,15-16,18-22,25-31,33-38H,7-8H2/t15-,16-,18-,19-,20+,21+,22-,25+,26+,27+/m1/s1. The Labute approximate surface area is 241 Å². The lowest BCUT2D eigenvalue weighted by Gasteiger charge is -2.45. The molecule has 0 saturated carbocycles. The molecule has 0 aliphatic carbocycles. The Morgan fingerprint density at radius 1 is 0.721 bits per heavy atom. The van der Waals surface area contributed by atoms with Gasteiger partial charge in [-0.1, -0.05) is 0 Å². The molecule has 2 fully saturated rings. The molecule has 2 aromatic carbocycles. The van der Waals surface area contributed by atoms with Gasteiger partial charge in [0.15, 0.2) is 29.2 Å². The van der Waals surface area contributed by atoms with Crippen molar-refractivity contribution in [2.75, 3.05) is 13.2 Å². The lowest BCUT2D eigenvalue weighted by atomic mass is 9.97. The van der Waals surface area contributed by atoms with E-state index in [1.165, 1.54) is 24.3 Å². The summed E-state index contributed by atoms with van der Waals surface area (Å²) in [5.41, 5.74) is -0.916. The van der Waals surface area contributed by atoms with Crippen molar-refractivity contribution in [3.8, 4) is 34.3 Å². The average Bonchev–Trinajstić information content (AvgIpc) is 2.98. The lowest BCUT2D eigenvalue weighted by molar-refractivity contribution is -0.357. The van der Waals surface area contributed by atoms with Crippen LogP contribution in [0.2, 0.25) is 0 Å². The Hall–Kier alpha value is -3.55. The minimum atomic E-state index is -1.92. The molecule has 0 radical (unpaired) electrons. The van der Waals surface area contributed by atoms with Gasteiger partial charge < -0.3 is 74.4 Å². The van der Waals surface area contributed by atoms with Crippen LogP contribution in [-0.4, -0.2) is 126 Å². The number of aliphatic hydroxyl groups excluding tert-OH is 7. The molecule has 2 aliphatic heterocycles. The normalized spacial score (nSPS) is 33.0. The molecule has 10 atom stereocenters. The van der Waals surface area contributed by atoms with E-state index in [9.17, 15) is 55.9 Å². The van der Waals surface area contributed by atoms with Gasteiger partial charge in [0.2, 0.25) is 12.0 Å². The Morgan fingerprint density at radius 2 is 1.33 bits per heavy atom. The fraction of sp³-hybridized carbons (Fsp3) is 0.444. The Kier molecular flexibility index (Phi) is 8.77. The molecule has 5 rings (SSSR count). The minimum absolute atomic E-state index is 0.0604. The van der Waals surface area contributed by atoms with Crippen LogP contribution in [0.5, 0.6) is 23.0 Å². The topological polar surface area (TPSA) is 269 Å². The number of benzene rings is 2. The van der Waals surface area contributed by atoms with Crippen molar-refractivity contribution in [2.45, 2.75) is 61.4 Å². The zero-order valence-electron chi connectivity index (χ0n) is 22.1. The summed E-state index contributed by atoms with van der Waals surface area (Å²) in [4.78, 5) is 13.0. The first kappa shape index (κ1) is 30.9. The van der Waals surface area contributed by atoms with Gasteiger partial charge in [-0.05, 0) is 24.3 Å². The third kappa shape index (κ3) is 5.73. The van der Waals surface area contributed by atoms with Gasteiger partial charge in [0.05, 0.1) is 13.2 Å². The average molecular weight is 611 g/mol. The second-order valence-electron chi connectivity index (χ2n) is 10.1. The molecule has 0 amide bonds. The number of phenols is 3. The van der Waals surface area contributed by atoms with Crippen molar-refractivity contribution >= 4 is 11.0 Å². The SMILES string of the molecule is O=c1cc(-c2ccc(O)cc2)oc2c(O[C@@H]3O[C@H](CO)[C@@H](O)[C@H](O)[C@@H]3O[C@@H]3O[C@H](CO)[C@@H](O)[C@H](O)[C@H]3O)c(O)cc(O)c12. The van der Waals surface area contributed by atoms with E-state index in [2.05, 4.69) is 0 Å². The zero-order chi connectivity index (χ0) is 31.2. The van der Waals surface area contributed by atoms with E-state index in [1.54, 1.807) is 0 Å². The number of hydrogen-bond donors (Lipinski definition) is 10. The van der Waals surface area contributed by atoms with E-state index in [4.69, 9.17) is 23.4 Å². The van der Waals surface area contributed by atoms with Crippen molar-refractivity contribution < 1.29 is 74.4 Å². The van der Waals surface area contributed by atoms with Crippen LogP contribution in [0.1, 0.15) is 0 Å². The van der Waals surface area contributed by atoms with Gasteiger partial charge in [-0.25, -0.2) is 0 Å². The van der Waals surface area contributed by atoms with Crippen molar-refractivity contribution in [1.82, 2.24) is 0 Å². The molecule has 10 N–H and O–H groups in total. The fourth-order valence-electron chi connectivity index (χ4n) is 4.91. The summed E-state index contributed by atoms with van der Waals surface area (Å²) >= 11 is 0. The predicted octanol–water partition coefficient (Wildman–Crippen LogP) is -2.42. The maximum absolute atomic E-state index is 13.0. The van der Waals surface area contributed by atoms with Gasteiger partial charge in [0.25, 0.3) is 0 Å². The third-order valence-corrected chi connectivity index (χ3v) is 7.27. The van der Waals surface area contributed by atoms with Crippen LogP contribution in [0.3, 0.4) is 0 Å². The molecule has 1 aromatic heterocycles. The molecule has 43 heavy (non-hydrogen) atoms. The van der Waals surface area contributed by atoms with Gasteiger partial charge in [0.1, 0.15) is 65.4 Å². The first-order chi connectivity index (χ1) is 20.4. The van der Waals surface area contributed by atoms with Crippen LogP contribution in [0.4, 0.5) is 0 Å². The summed E-state index contributed by atoms with van der Waals surface area (Å²) < 4.78 is 28.1. The molecule has 16 heteroatoms. The number of aliphatic hydroxyl groups is 7. The van der Waals surface area contributed by atoms with Gasteiger partial charge in [-0.2, -0.15) is 0 Å². The van der Waals surface area contributed by atoms with E-state index in [0.717, 1.165) is 12.1 Å².